The first kappa shape index (κ1) is 25.9. The fraction of sp³-hybridized carbons (Fsp3) is 0.458. The maximum atomic E-state index is 13.2. The second-order valence-electron chi connectivity index (χ2n) is 7.86. The van der Waals surface area contributed by atoms with Crippen LogP contribution in [0.4, 0.5) is 4.79 Å². The summed E-state index contributed by atoms with van der Waals surface area (Å²) in [6.07, 6.45) is 3.55. The molecular weight excluding hydrogens is 398 g/mol. The maximum Gasteiger partial charge on any atom is 0.410 e. The van der Waals surface area contributed by atoms with E-state index in [0.717, 1.165) is 5.56 Å². The average Bonchev–Trinajstić information content (AvgIpc) is 2.67. The number of aryl methyl sites for hydroxylation is 1. The molecule has 0 aliphatic rings. The average molecular weight is 432 g/mol. The Kier molecular flexibility index (Phi) is 9.99. The van der Waals surface area contributed by atoms with Crippen LogP contribution >= 0.6 is 0 Å². The van der Waals surface area contributed by atoms with Crippen molar-refractivity contribution in [3.05, 3.63) is 59.4 Å². The van der Waals surface area contributed by atoms with E-state index < -0.39 is 23.7 Å². The molecule has 1 atom stereocenters. The number of likely N-dealkylation sites (N-methyl/N-ethyl adjacent to an activating group) is 1. The topological polar surface area (TPSA) is 82.1 Å². The zero-order valence-corrected chi connectivity index (χ0v) is 19.4. The van der Waals surface area contributed by atoms with E-state index in [1.807, 2.05) is 19.1 Å². The number of carbonyl (C=O) groups excluding carboxylic acids is 3. The molecule has 0 aromatic heterocycles. The van der Waals surface area contributed by atoms with Crippen LogP contribution < -0.4 is 0 Å². The van der Waals surface area contributed by atoms with Gasteiger partial charge in [-0.1, -0.05) is 35.9 Å². The van der Waals surface area contributed by atoms with Gasteiger partial charge in [-0.15, -0.1) is 0 Å². The van der Waals surface area contributed by atoms with Crippen LogP contribution in [0, 0.1) is 6.92 Å². The number of hydrogen-bond donors (Lipinski definition) is 0. The zero-order valence-electron chi connectivity index (χ0n) is 19.4. The van der Waals surface area contributed by atoms with E-state index in [9.17, 15) is 14.4 Å². The Balaban J connectivity index is 3.28. The largest absolute Gasteiger partial charge is 0.494 e. The third kappa shape index (κ3) is 9.07. The van der Waals surface area contributed by atoms with E-state index in [4.69, 9.17) is 14.2 Å². The summed E-state index contributed by atoms with van der Waals surface area (Å²) in [5.74, 6) is -0.630. The normalized spacial score (nSPS) is 12.9. The van der Waals surface area contributed by atoms with Crippen molar-refractivity contribution >= 4 is 17.8 Å². The van der Waals surface area contributed by atoms with Gasteiger partial charge in [0.25, 0.3) is 0 Å². The van der Waals surface area contributed by atoms with Gasteiger partial charge in [-0.05, 0) is 47.6 Å². The minimum atomic E-state index is -0.969. The fourth-order valence-electron chi connectivity index (χ4n) is 2.52. The molecule has 0 saturated heterocycles. The van der Waals surface area contributed by atoms with Crippen LogP contribution in [0.2, 0.25) is 0 Å². The summed E-state index contributed by atoms with van der Waals surface area (Å²) in [7, 11) is 1.49. The highest BCUT2D eigenvalue weighted by atomic mass is 16.6. The zero-order chi connectivity index (χ0) is 23.6. The number of amides is 1. The molecular formula is C24H33NO6. The number of Topliss-reactive ketones (excluding diaryl/α,β-unsaturated/α-hetero) is 1. The number of carbonyl (C=O) groups is 3. The van der Waals surface area contributed by atoms with Gasteiger partial charge in [-0.3, -0.25) is 9.69 Å². The third-order valence-corrected chi connectivity index (χ3v) is 4.00. The predicted molar refractivity (Wildman–Crippen MR) is 119 cm³/mol. The van der Waals surface area contributed by atoms with Gasteiger partial charge < -0.3 is 14.2 Å². The highest BCUT2D eigenvalue weighted by Gasteiger charge is 2.29. The number of hydrogen-bond acceptors (Lipinski definition) is 6. The lowest BCUT2D eigenvalue weighted by Crippen LogP contribution is -2.44. The standard InChI is InChI=1S/C24H33NO6/c1-8-29-19(16-21(26)30-9-2)14-15-20(25(7)23(28)31-24(4,5)6)22(27)18-12-10-17(3)11-13-18/h10-16,20H,8-9H2,1-7H3/b15-14+,19-16-/t20-/m1/s1. The lowest BCUT2D eigenvalue weighted by molar-refractivity contribution is -0.137. The molecule has 1 aromatic carbocycles. The molecule has 1 amide bonds. The lowest BCUT2D eigenvalue weighted by atomic mass is 10.0. The summed E-state index contributed by atoms with van der Waals surface area (Å²) in [5, 5.41) is 0. The number of ether oxygens (including phenoxy) is 3. The van der Waals surface area contributed by atoms with Crippen LogP contribution in [-0.2, 0) is 19.0 Å². The van der Waals surface area contributed by atoms with Gasteiger partial charge in [0.15, 0.2) is 5.78 Å². The van der Waals surface area contributed by atoms with E-state index in [2.05, 4.69) is 0 Å². The van der Waals surface area contributed by atoms with Gasteiger partial charge in [0.2, 0.25) is 0 Å². The van der Waals surface area contributed by atoms with Crippen LogP contribution in [0.15, 0.2) is 48.3 Å². The highest BCUT2D eigenvalue weighted by Crippen LogP contribution is 2.16. The maximum absolute atomic E-state index is 13.2. The smallest absolute Gasteiger partial charge is 0.410 e. The number of benzene rings is 1. The molecule has 0 aliphatic heterocycles. The van der Waals surface area contributed by atoms with E-state index in [1.54, 1.807) is 46.8 Å². The van der Waals surface area contributed by atoms with E-state index >= 15 is 0 Å². The van der Waals surface area contributed by atoms with Crippen molar-refractivity contribution in [1.82, 2.24) is 4.90 Å². The summed E-state index contributed by atoms with van der Waals surface area (Å²) in [6, 6.07) is 6.10. The Morgan fingerprint density at radius 2 is 1.61 bits per heavy atom. The molecule has 7 heteroatoms. The Labute approximate surface area is 184 Å². The molecule has 0 bridgehead atoms. The predicted octanol–water partition coefficient (Wildman–Crippen LogP) is 4.45. The number of nitrogens with zero attached hydrogens (tertiary/aromatic N) is 1. The Hall–Kier alpha value is -3.09. The van der Waals surface area contributed by atoms with Crippen LogP contribution in [0.25, 0.3) is 0 Å². The molecule has 170 valence electrons. The molecule has 0 spiro atoms. The van der Waals surface area contributed by atoms with Crippen LogP contribution in [0.5, 0.6) is 0 Å². The molecule has 1 rings (SSSR count). The van der Waals surface area contributed by atoms with Crippen LogP contribution in [0.3, 0.4) is 0 Å². The third-order valence-electron chi connectivity index (χ3n) is 4.00. The molecule has 0 heterocycles. The van der Waals surface area contributed by atoms with Gasteiger partial charge in [0.1, 0.15) is 17.4 Å². The van der Waals surface area contributed by atoms with E-state index in [1.165, 1.54) is 30.2 Å². The van der Waals surface area contributed by atoms with E-state index in [0.29, 0.717) is 12.2 Å². The van der Waals surface area contributed by atoms with Crippen molar-refractivity contribution in [3.8, 4) is 0 Å². The second-order valence-corrected chi connectivity index (χ2v) is 7.86. The van der Waals surface area contributed by atoms with Crippen molar-refractivity contribution in [2.75, 3.05) is 20.3 Å². The molecule has 0 N–H and O–H groups in total. The van der Waals surface area contributed by atoms with Crippen molar-refractivity contribution < 1.29 is 28.6 Å². The summed E-state index contributed by atoms with van der Waals surface area (Å²) in [5.41, 5.74) is 0.746. The van der Waals surface area contributed by atoms with Gasteiger partial charge in [0, 0.05) is 12.6 Å². The summed E-state index contributed by atoms with van der Waals surface area (Å²) in [4.78, 5) is 38.8. The molecule has 0 fully saturated rings. The Morgan fingerprint density at radius 1 is 1.03 bits per heavy atom. The number of esters is 1. The minimum Gasteiger partial charge on any atom is -0.494 e. The molecule has 0 unspecified atom stereocenters. The highest BCUT2D eigenvalue weighted by molar-refractivity contribution is 6.02. The Morgan fingerprint density at radius 3 is 2.13 bits per heavy atom. The minimum absolute atomic E-state index is 0.222. The van der Waals surface area contributed by atoms with Crippen molar-refractivity contribution in [2.24, 2.45) is 0 Å². The van der Waals surface area contributed by atoms with Crippen LogP contribution in [0.1, 0.15) is 50.5 Å². The van der Waals surface area contributed by atoms with E-state index in [-0.39, 0.29) is 18.1 Å². The molecule has 0 radical (unpaired) electrons. The quantitative estimate of drug-likeness (QED) is 0.189. The first-order valence-corrected chi connectivity index (χ1v) is 10.2. The fourth-order valence-corrected chi connectivity index (χ4v) is 2.52. The van der Waals surface area contributed by atoms with Crippen LogP contribution in [-0.4, -0.2) is 54.7 Å². The lowest BCUT2D eigenvalue weighted by Gasteiger charge is -2.28. The first-order chi connectivity index (χ1) is 14.5. The van der Waals surface area contributed by atoms with Gasteiger partial charge in [-0.25, -0.2) is 9.59 Å². The number of rotatable bonds is 9. The summed E-state index contributed by atoms with van der Waals surface area (Å²) >= 11 is 0. The monoisotopic (exact) mass is 431 g/mol. The van der Waals surface area contributed by atoms with Gasteiger partial charge in [-0.2, -0.15) is 0 Å². The van der Waals surface area contributed by atoms with Gasteiger partial charge >= 0.3 is 12.1 Å². The molecule has 0 aliphatic carbocycles. The molecule has 1 aromatic rings. The first-order valence-electron chi connectivity index (χ1n) is 10.2. The molecule has 31 heavy (non-hydrogen) atoms. The number of ketones is 1. The summed E-state index contributed by atoms with van der Waals surface area (Å²) in [6.45, 7) is 11.2. The molecule has 7 nitrogen and oxygen atoms in total. The number of allylic oxidation sites excluding steroid dienone is 1. The molecule has 0 saturated carbocycles. The SMILES string of the molecule is CCOC(=O)/C=C(/C=C/[C@H](C(=O)c1ccc(C)cc1)N(C)C(=O)OC(C)(C)C)OCC. The van der Waals surface area contributed by atoms with Gasteiger partial charge in [0.05, 0.1) is 19.3 Å². The van der Waals surface area contributed by atoms with Crippen molar-refractivity contribution in [3.63, 3.8) is 0 Å². The van der Waals surface area contributed by atoms with Crippen molar-refractivity contribution in [2.45, 2.75) is 53.2 Å². The Bertz CT molecular complexity index is 817. The van der Waals surface area contributed by atoms with Crippen molar-refractivity contribution in [1.29, 1.82) is 0 Å². The second kappa shape index (κ2) is 11.9. The summed E-state index contributed by atoms with van der Waals surface area (Å²) < 4.78 is 15.8.